The number of benzene rings is 2. The lowest BCUT2D eigenvalue weighted by Gasteiger charge is -2.52. The summed E-state index contributed by atoms with van der Waals surface area (Å²) in [6.07, 6.45) is -0.110. The lowest BCUT2D eigenvalue weighted by molar-refractivity contribution is -0.261. The van der Waals surface area contributed by atoms with Gasteiger partial charge in [0, 0.05) is 25.7 Å². The third kappa shape index (κ3) is 5.65. The van der Waals surface area contributed by atoms with Crippen molar-refractivity contribution in [1.82, 2.24) is 19.7 Å². The average Bonchev–Trinajstić information content (AvgIpc) is 3.37. The molecule has 10 heteroatoms. The Morgan fingerprint density at radius 2 is 1.67 bits per heavy atom. The van der Waals surface area contributed by atoms with Gasteiger partial charge in [-0.25, -0.2) is 4.79 Å². The van der Waals surface area contributed by atoms with Crippen molar-refractivity contribution in [2.24, 2.45) is 13.0 Å². The summed E-state index contributed by atoms with van der Waals surface area (Å²) in [6, 6.07) is 19.8. The van der Waals surface area contributed by atoms with Crippen molar-refractivity contribution in [3.8, 4) is 0 Å². The summed E-state index contributed by atoms with van der Waals surface area (Å²) in [4.78, 5) is 50.4. The van der Waals surface area contributed by atoms with Crippen LogP contribution in [0.3, 0.4) is 0 Å². The summed E-state index contributed by atoms with van der Waals surface area (Å²) in [5, 5.41) is 5.56. The number of aromatic nitrogens is 2. The molecule has 2 saturated heterocycles. The number of ether oxygens (including phenoxy) is 1. The van der Waals surface area contributed by atoms with Crippen LogP contribution in [0.15, 0.2) is 72.9 Å². The first-order chi connectivity index (χ1) is 18.8. The van der Waals surface area contributed by atoms with E-state index in [-0.39, 0.29) is 37.3 Å². The molecule has 0 radical (unpaired) electrons. The zero-order valence-corrected chi connectivity index (χ0v) is 22.3. The number of hydroxylamine groups is 2. The molecular weight excluding hydrogens is 498 g/mol. The predicted molar refractivity (Wildman–Crippen MR) is 143 cm³/mol. The molecule has 3 amide bonds. The van der Waals surface area contributed by atoms with Gasteiger partial charge < -0.3 is 9.64 Å². The van der Waals surface area contributed by atoms with E-state index in [4.69, 9.17) is 9.57 Å². The van der Waals surface area contributed by atoms with Gasteiger partial charge in [0.15, 0.2) is 18.1 Å². The van der Waals surface area contributed by atoms with E-state index in [1.807, 2.05) is 74.5 Å². The molecule has 0 spiro atoms. The Morgan fingerprint density at radius 1 is 1.00 bits per heavy atom. The molecule has 0 saturated carbocycles. The number of piperazine rings is 1. The number of nitrogens with zero attached hydrogens (tertiary/aromatic N) is 5. The van der Waals surface area contributed by atoms with Crippen LogP contribution in [0.1, 0.15) is 31.4 Å². The Balaban J connectivity index is 1.51. The van der Waals surface area contributed by atoms with Gasteiger partial charge in [-0.05, 0) is 23.5 Å². The van der Waals surface area contributed by atoms with Crippen LogP contribution in [0.4, 0.5) is 10.6 Å². The fourth-order valence-electron chi connectivity index (χ4n) is 5.05. The zero-order valence-electron chi connectivity index (χ0n) is 22.3. The highest BCUT2D eigenvalue weighted by Crippen LogP contribution is 2.33. The van der Waals surface area contributed by atoms with Crippen molar-refractivity contribution in [1.29, 1.82) is 0 Å². The summed E-state index contributed by atoms with van der Waals surface area (Å²) in [7, 11) is 1.77. The highest BCUT2D eigenvalue weighted by atomic mass is 16.7. The molecule has 2 aliphatic heterocycles. The predicted octanol–water partition coefficient (Wildman–Crippen LogP) is 3.53. The second kappa shape index (κ2) is 11.3. The van der Waals surface area contributed by atoms with Crippen LogP contribution in [0.25, 0.3) is 0 Å². The summed E-state index contributed by atoms with van der Waals surface area (Å²) < 4.78 is 7.24. The van der Waals surface area contributed by atoms with Crippen molar-refractivity contribution >= 4 is 23.7 Å². The molecule has 10 nitrogen and oxygen atoms in total. The molecule has 3 aromatic rings. The van der Waals surface area contributed by atoms with Gasteiger partial charge in [-0.1, -0.05) is 74.5 Å². The molecule has 0 aliphatic carbocycles. The van der Waals surface area contributed by atoms with E-state index >= 15 is 0 Å². The molecule has 3 atom stereocenters. The molecule has 204 valence electrons. The summed E-state index contributed by atoms with van der Waals surface area (Å²) in [5.74, 6) is -0.00828. The molecule has 2 aromatic carbocycles. The minimum Gasteiger partial charge on any atom is -0.443 e. The molecule has 3 heterocycles. The van der Waals surface area contributed by atoms with E-state index in [1.165, 1.54) is 9.80 Å². The topological polar surface area (TPSA) is 97.2 Å². The zero-order chi connectivity index (χ0) is 27.5. The maximum Gasteiger partial charge on any atom is 0.436 e. The molecule has 1 unspecified atom stereocenters. The first kappa shape index (κ1) is 26.4. The van der Waals surface area contributed by atoms with Crippen molar-refractivity contribution in [3.63, 3.8) is 0 Å². The van der Waals surface area contributed by atoms with Gasteiger partial charge in [-0.15, -0.1) is 0 Å². The first-order valence-electron chi connectivity index (χ1n) is 13.2. The number of hydrogen-bond acceptors (Lipinski definition) is 6. The number of hydrogen-bond donors (Lipinski definition) is 0. The van der Waals surface area contributed by atoms with Crippen molar-refractivity contribution in [2.45, 2.75) is 51.6 Å². The molecule has 1 aromatic heterocycles. The lowest BCUT2D eigenvalue weighted by atomic mass is 9.96. The van der Waals surface area contributed by atoms with Gasteiger partial charge >= 0.3 is 6.09 Å². The average molecular weight is 532 g/mol. The maximum atomic E-state index is 14.0. The Hall–Kier alpha value is -4.18. The highest BCUT2D eigenvalue weighted by Gasteiger charge is 2.54. The summed E-state index contributed by atoms with van der Waals surface area (Å²) in [6.45, 7) is 4.01. The van der Waals surface area contributed by atoms with E-state index in [9.17, 15) is 14.4 Å². The Morgan fingerprint density at radius 3 is 2.28 bits per heavy atom. The smallest absolute Gasteiger partial charge is 0.436 e. The Labute approximate surface area is 227 Å². The van der Waals surface area contributed by atoms with Crippen LogP contribution in [0, 0.1) is 5.92 Å². The molecule has 5 rings (SSSR count). The Bertz CT molecular complexity index is 1310. The number of carbonyl (C=O) groups excluding carboxylic acids is 3. The van der Waals surface area contributed by atoms with Crippen LogP contribution >= 0.6 is 0 Å². The minimum atomic E-state index is -0.919. The van der Waals surface area contributed by atoms with E-state index in [0.29, 0.717) is 12.2 Å². The second-order valence-electron chi connectivity index (χ2n) is 10.3. The number of anilines is 1. The van der Waals surface area contributed by atoms with Gasteiger partial charge in [-0.2, -0.15) is 10.2 Å². The van der Waals surface area contributed by atoms with Gasteiger partial charge in [0.2, 0.25) is 0 Å². The largest absolute Gasteiger partial charge is 0.443 e. The van der Waals surface area contributed by atoms with Crippen molar-refractivity contribution in [3.05, 3.63) is 84.1 Å². The second-order valence-corrected chi connectivity index (χ2v) is 10.3. The van der Waals surface area contributed by atoms with Crippen LogP contribution in [-0.4, -0.2) is 62.5 Å². The first-order valence-corrected chi connectivity index (χ1v) is 13.2. The van der Waals surface area contributed by atoms with Gasteiger partial charge in [0.25, 0.3) is 11.8 Å². The molecule has 39 heavy (non-hydrogen) atoms. The Kier molecular flexibility index (Phi) is 7.65. The standard InChI is InChI=1S/C29H33N5O5/c1-20(2)16-24-28(36)33-23(17-21-10-6-4-7-11-21)27(35)32(25-14-15-31(3)30-25)18-26(33)34(39-24)29(37)38-19-22-12-8-5-9-13-22/h4-15,20,23-24,26H,16-19H2,1-3H3/t23-,24+,26?/m0/s1. The SMILES string of the molecule is CC(C)C[C@H]1ON(C(=O)OCc2ccccc2)C2CN(c3ccn(C)n3)C(=O)[C@H](Cc3ccccc3)N2C1=O. The van der Waals surface area contributed by atoms with Crippen LogP contribution in [0.5, 0.6) is 0 Å². The van der Waals surface area contributed by atoms with E-state index in [1.54, 1.807) is 24.0 Å². The van der Waals surface area contributed by atoms with Gasteiger partial charge in [0.1, 0.15) is 12.6 Å². The van der Waals surface area contributed by atoms with E-state index in [2.05, 4.69) is 5.10 Å². The fourth-order valence-corrected chi connectivity index (χ4v) is 5.05. The van der Waals surface area contributed by atoms with Crippen LogP contribution < -0.4 is 4.90 Å². The highest BCUT2D eigenvalue weighted by molar-refractivity contribution is 6.01. The quantitative estimate of drug-likeness (QED) is 0.463. The van der Waals surface area contributed by atoms with E-state index < -0.39 is 24.4 Å². The fraction of sp³-hybridized carbons (Fsp3) is 0.379. The minimum absolute atomic E-state index is 0.00170. The van der Waals surface area contributed by atoms with Crippen LogP contribution in [-0.2, 0) is 39.2 Å². The molecule has 2 aliphatic rings. The third-order valence-electron chi connectivity index (χ3n) is 6.91. The van der Waals surface area contributed by atoms with Gasteiger partial charge in [-0.3, -0.25) is 24.0 Å². The summed E-state index contributed by atoms with van der Waals surface area (Å²) >= 11 is 0. The third-order valence-corrected chi connectivity index (χ3v) is 6.91. The number of amides is 3. The van der Waals surface area contributed by atoms with Crippen molar-refractivity contribution in [2.75, 3.05) is 11.4 Å². The monoisotopic (exact) mass is 531 g/mol. The molecule has 2 fully saturated rings. The molecule has 0 bridgehead atoms. The lowest BCUT2D eigenvalue weighted by Crippen LogP contribution is -2.74. The summed E-state index contributed by atoms with van der Waals surface area (Å²) in [5.41, 5.74) is 1.72. The number of aryl methyl sites for hydroxylation is 1. The number of fused-ring (bicyclic) bond motifs is 1. The van der Waals surface area contributed by atoms with E-state index in [0.717, 1.165) is 16.2 Å². The number of rotatable bonds is 7. The van der Waals surface area contributed by atoms with Crippen LogP contribution in [0.2, 0.25) is 0 Å². The number of carbonyl (C=O) groups is 3. The van der Waals surface area contributed by atoms with Gasteiger partial charge in [0.05, 0.1) is 6.54 Å². The molecular formula is C29H33N5O5. The maximum absolute atomic E-state index is 14.0. The normalized spacial score (nSPS) is 21.3. The molecule has 0 N–H and O–H groups in total. The van der Waals surface area contributed by atoms with Crippen molar-refractivity contribution < 1.29 is 24.0 Å².